The van der Waals surface area contributed by atoms with Gasteiger partial charge in [0.05, 0.1) is 7.05 Å². The number of halogens is 1. The highest BCUT2D eigenvalue weighted by Crippen LogP contribution is 2.07. The minimum absolute atomic E-state index is 0.597. The predicted molar refractivity (Wildman–Crippen MR) is 78.0 cm³/mol. The molecule has 0 unspecified atom stereocenters. The van der Waals surface area contributed by atoms with E-state index < -0.39 is 0 Å². The number of nitrogens with zero attached hydrogens (tertiary/aromatic N) is 2. The second kappa shape index (κ2) is 9.68. The molecule has 0 aliphatic heterocycles. The Morgan fingerprint density at radius 1 is 1.17 bits per heavy atom. The van der Waals surface area contributed by atoms with Gasteiger partial charge in [-0.3, -0.25) is 0 Å². The average Bonchev–Trinajstić information content (AvgIpc) is 2.90. The Morgan fingerprint density at radius 2 is 1.72 bits per heavy atom. The molecule has 18 heavy (non-hydrogen) atoms. The second-order valence-corrected chi connectivity index (χ2v) is 3.36. The summed E-state index contributed by atoms with van der Waals surface area (Å²) in [6.07, 6.45) is 7.53. The topological polar surface area (TPSA) is 34.8 Å². The SMILES string of the molecule is CC.CCl.C[n+]1ccn(-c2ccc(CN)cc2)c1. The Kier molecular flexibility index (Phi) is 8.97. The van der Waals surface area contributed by atoms with Crippen LogP contribution < -0.4 is 10.3 Å². The number of imidazole rings is 1. The van der Waals surface area contributed by atoms with Crippen LogP contribution in [0.25, 0.3) is 5.69 Å². The molecule has 0 aliphatic carbocycles. The van der Waals surface area contributed by atoms with E-state index in [-0.39, 0.29) is 0 Å². The number of alkyl halides is 1. The van der Waals surface area contributed by atoms with Gasteiger partial charge in [-0.2, -0.15) is 0 Å². The maximum atomic E-state index is 5.53. The van der Waals surface area contributed by atoms with Crippen molar-refractivity contribution in [3.63, 3.8) is 0 Å². The second-order valence-electron chi connectivity index (χ2n) is 3.36. The van der Waals surface area contributed by atoms with Crippen LogP contribution in [0.4, 0.5) is 0 Å². The molecule has 0 saturated heterocycles. The van der Waals surface area contributed by atoms with E-state index in [4.69, 9.17) is 5.73 Å². The van der Waals surface area contributed by atoms with Gasteiger partial charge in [-0.1, -0.05) is 26.0 Å². The summed E-state index contributed by atoms with van der Waals surface area (Å²) in [4.78, 5) is 0. The summed E-state index contributed by atoms with van der Waals surface area (Å²) in [5, 5.41) is 0. The van der Waals surface area contributed by atoms with Crippen LogP contribution in [0.2, 0.25) is 0 Å². The van der Waals surface area contributed by atoms with Crippen LogP contribution in [-0.2, 0) is 13.6 Å². The zero-order chi connectivity index (χ0) is 14.0. The van der Waals surface area contributed by atoms with E-state index in [1.165, 1.54) is 6.38 Å². The van der Waals surface area contributed by atoms with Crippen LogP contribution in [0.15, 0.2) is 43.0 Å². The van der Waals surface area contributed by atoms with E-state index in [0.29, 0.717) is 6.54 Å². The van der Waals surface area contributed by atoms with E-state index in [2.05, 4.69) is 40.4 Å². The molecule has 0 fully saturated rings. The molecule has 3 nitrogen and oxygen atoms in total. The van der Waals surface area contributed by atoms with Gasteiger partial charge in [0, 0.05) is 12.9 Å². The first-order valence-electron chi connectivity index (χ1n) is 6.00. The lowest BCUT2D eigenvalue weighted by Gasteiger charge is -1.97. The summed E-state index contributed by atoms with van der Waals surface area (Å²) < 4.78 is 4.08. The van der Waals surface area contributed by atoms with E-state index in [9.17, 15) is 0 Å². The van der Waals surface area contributed by atoms with Crippen molar-refractivity contribution in [3.05, 3.63) is 48.5 Å². The Labute approximate surface area is 115 Å². The highest BCUT2D eigenvalue weighted by Gasteiger charge is 2.02. The van der Waals surface area contributed by atoms with Crippen LogP contribution in [-0.4, -0.2) is 11.0 Å². The molecule has 0 saturated carbocycles. The maximum Gasteiger partial charge on any atom is 0.248 e. The minimum Gasteiger partial charge on any atom is -0.326 e. The third kappa shape index (κ3) is 4.90. The fourth-order valence-corrected chi connectivity index (χ4v) is 1.41. The molecule has 100 valence electrons. The van der Waals surface area contributed by atoms with Gasteiger partial charge >= 0.3 is 0 Å². The number of aryl methyl sites for hydroxylation is 1. The summed E-state index contributed by atoms with van der Waals surface area (Å²) >= 11 is 4.64. The van der Waals surface area contributed by atoms with Crippen molar-refractivity contribution in [2.75, 3.05) is 6.38 Å². The van der Waals surface area contributed by atoms with E-state index in [1.54, 1.807) is 0 Å². The molecule has 2 aromatic rings. The molecule has 0 spiro atoms. The van der Waals surface area contributed by atoms with Crippen LogP contribution in [0, 0.1) is 0 Å². The lowest BCUT2D eigenvalue weighted by atomic mass is 10.2. The van der Waals surface area contributed by atoms with Gasteiger partial charge in [0.1, 0.15) is 18.1 Å². The molecule has 2 rings (SSSR count). The summed E-state index contributed by atoms with van der Waals surface area (Å²) in [5.74, 6) is 0. The van der Waals surface area contributed by atoms with Gasteiger partial charge in [0.2, 0.25) is 6.33 Å². The van der Waals surface area contributed by atoms with Crippen molar-refractivity contribution in [2.24, 2.45) is 12.8 Å². The molecular weight excluding hydrogens is 246 g/mol. The first-order valence-corrected chi connectivity index (χ1v) is 6.75. The zero-order valence-electron chi connectivity index (χ0n) is 11.6. The molecule has 1 heterocycles. The van der Waals surface area contributed by atoms with Crippen molar-refractivity contribution in [3.8, 4) is 5.69 Å². The molecule has 1 aromatic heterocycles. The van der Waals surface area contributed by atoms with Crippen LogP contribution in [0.3, 0.4) is 0 Å². The summed E-state index contributed by atoms with van der Waals surface area (Å²) in [6.45, 7) is 4.60. The van der Waals surface area contributed by atoms with Gasteiger partial charge in [-0.15, -0.1) is 11.6 Å². The Morgan fingerprint density at radius 3 is 2.11 bits per heavy atom. The highest BCUT2D eigenvalue weighted by molar-refractivity contribution is 6.15. The third-order valence-corrected chi connectivity index (χ3v) is 2.24. The molecule has 2 N–H and O–H groups in total. The average molecular weight is 269 g/mol. The smallest absolute Gasteiger partial charge is 0.248 e. The van der Waals surface area contributed by atoms with Crippen LogP contribution in [0.1, 0.15) is 19.4 Å². The lowest BCUT2D eigenvalue weighted by Crippen LogP contribution is -2.23. The van der Waals surface area contributed by atoms with Crippen molar-refractivity contribution in [1.82, 2.24) is 4.57 Å². The van der Waals surface area contributed by atoms with E-state index in [1.807, 2.05) is 44.2 Å². The Bertz CT molecular complexity index is 421. The monoisotopic (exact) mass is 268 g/mol. The van der Waals surface area contributed by atoms with Crippen molar-refractivity contribution >= 4 is 11.6 Å². The van der Waals surface area contributed by atoms with Crippen molar-refractivity contribution < 1.29 is 4.57 Å². The normalized spacial score (nSPS) is 8.78. The van der Waals surface area contributed by atoms with Gasteiger partial charge < -0.3 is 5.73 Å². The molecule has 0 atom stereocenters. The molecule has 0 amide bonds. The van der Waals surface area contributed by atoms with E-state index >= 15 is 0 Å². The van der Waals surface area contributed by atoms with Gasteiger partial charge in [0.15, 0.2) is 0 Å². The van der Waals surface area contributed by atoms with Crippen molar-refractivity contribution in [1.29, 1.82) is 0 Å². The van der Waals surface area contributed by atoms with Crippen LogP contribution >= 0.6 is 11.6 Å². The van der Waals surface area contributed by atoms with Crippen LogP contribution in [0.5, 0.6) is 0 Å². The summed E-state index contributed by atoms with van der Waals surface area (Å²) in [6, 6.07) is 8.25. The number of nitrogens with two attached hydrogens (primary N) is 1. The first kappa shape index (κ1) is 16.7. The molecule has 1 aromatic carbocycles. The molecule has 0 bridgehead atoms. The Hall–Kier alpha value is -1.32. The largest absolute Gasteiger partial charge is 0.326 e. The van der Waals surface area contributed by atoms with E-state index in [0.717, 1.165) is 11.3 Å². The molecular formula is C14H23ClN3+. The van der Waals surface area contributed by atoms with Crippen molar-refractivity contribution in [2.45, 2.75) is 20.4 Å². The first-order chi connectivity index (χ1) is 8.79. The van der Waals surface area contributed by atoms with Gasteiger partial charge in [0.25, 0.3) is 0 Å². The maximum absolute atomic E-state index is 5.53. The lowest BCUT2D eigenvalue weighted by molar-refractivity contribution is -0.670. The van der Waals surface area contributed by atoms with Gasteiger partial charge in [-0.05, 0) is 17.7 Å². The number of rotatable bonds is 2. The summed E-state index contributed by atoms with van der Waals surface area (Å²) in [7, 11) is 2.00. The molecule has 0 radical (unpaired) electrons. The quantitative estimate of drug-likeness (QED) is 0.660. The fourth-order valence-electron chi connectivity index (χ4n) is 1.41. The highest BCUT2D eigenvalue weighted by atomic mass is 35.5. The number of hydrogen-bond acceptors (Lipinski definition) is 1. The third-order valence-electron chi connectivity index (χ3n) is 2.24. The van der Waals surface area contributed by atoms with Gasteiger partial charge in [-0.25, -0.2) is 9.13 Å². The molecule has 4 heteroatoms. The zero-order valence-corrected chi connectivity index (χ0v) is 12.4. The number of aromatic nitrogens is 2. The number of benzene rings is 1. The minimum atomic E-state index is 0.597. The summed E-state index contributed by atoms with van der Waals surface area (Å²) in [5.41, 5.74) is 7.84. The predicted octanol–water partition coefficient (Wildman–Crippen LogP) is 2.64. The fraction of sp³-hybridized carbons (Fsp3) is 0.357. The Balaban J connectivity index is 0.000000659. The standard InChI is InChI=1S/C11H14N3.C2H6.CH3Cl/c1-13-6-7-14(9-13)11-4-2-10(8-12)3-5-11;2*1-2/h2-7,9H,8,12H2,1H3;1-2H3;1H3/q+1;;. The molecule has 0 aliphatic rings. The number of hydrogen-bond donors (Lipinski definition) is 1.